The molecule has 2 aliphatic rings. The highest BCUT2D eigenvalue weighted by Gasteiger charge is 2.38. The lowest BCUT2D eigenvalue weighted by Crippen LogP contribution is -2.62. The summed E-state index contributed by atoms with van der Waals surface area (Å²) < 4.78 is 5.36. The van der Waals surface area contributed by atoms with Crippen molar-refractivity contribution in [2.75, 3.05) is 33.2 Å². The van der Waals surface area contributed by atoms with Gasteiger partial charge in [-0.2, -0.15) is 0 Å². The first-order chi connectivity index (χ1) is 37.6. The number of rotatable bonds is 19. The number of aromatic hydroxyl groups is 1. The van der Waals surface area contributed by atoms with Gasteiger partial charge in [0, 0.05) is 87.8 Å². The molecule has 4 aromatic rings. The summed E-state index contributed by atoms with van der Waals surface area (Å²) in [4.78, 5) is 129. The Morgan fingerprint density at radius 1 is 0.709 bits per heavy atom. The van der Waals surface area contributed by atoms with Crippen molar-refractivity contribution in [3.63, 3.8) is 0 Å². The lowest BCUT2D eigenvalue weighted by atomic mass is 9.99. The van der Waals surface area contributed by atoms with Gasteiger partial charge in [0.25, 0.3) is 11.8 Å². The molecule has 0 unspecified atom stereocenters. The Morgan fingerprint density at radius 2 is 1.34 bits per heavy atom. The number of fused-ring (bicyclic) bond motifs is 1. The molecule has 79 heavy (non-hydrogen) atoms. The number of aromatic nitrogens is 1. The van der Waals surface area contributed by atoms with Gasteiger partial charge in [0.1, 0.15) is 35.5 Å². The largest absolute Gasteiger partial charge is 0.508 e. The average Bonchev–Trinajstić information content (AvgIpc) is 3.98. The third kappa shape index (κ3) is 18.2. The van der Waals surface area contributed by atoms with Crippen LogP contribution in [0.3, 0.4) is 0 Å². The summed E-state index contributed by atoms with van der Waals surface area (Å²) in [5.41, 5.74) is 2.11. The van der Waals surface area contributed by atoms with Crippen LogP contribution in [0.5, 0.6) is 5.75 Å². The maximum absolute atomic E-state index is 15.0. The highest BCUT2D eigenvalue weighted by Crippen LogP contribution is 2.21. The molecule has 3 heterocycles. The van der Waals surface area contributed by atoms with E-state index in [-0.39, 0.29) is 76.9 Å². The number of likely N-dealkylation sites (N-methyl/N-ethyl adjacent to an activating group) is 1. The first kappa shape index (κ1) is 60.1. The first-order valence-corrected chi connectivity index (χ1v) is 26.7. The topological polar surface area (TPSA) is 310 Å². The number of carbonyl (C=O) groups excluding carboxylic acids is 9. The number of H-pyrrole nitrogens is 1. The number of phenolic OH excluding ortho intramolecular Hbond substituents is 1. The number of amides is 9. The minimum atomic E-state index is -1.59. The third-order valence-corrected chi connectivity index (χ3v) is 13.5. The Kier molecular flexibility index (Phi) is 21.7. The number of aromatic amines is 1. The van der Waals surface area contributed by atoms with Gasteiger partial charge in [-0.15, -0.1) is 0 Å². The molecule has 2 aliphatic heterocycles. The van der Waals surface area contributed by atoms with Crippen molar-refractivity contribution in [3.8, 4) is 5.75 Å². The molecular formula is C57H74N10O12. The fraction of sp³-hybridized carbons (Fsp3) is 0.456. The molecule has 7 atom stereocenters. The number of unbranched alkanes of at least 4 members (excludes halogenated alkanes) is 1. The number of para-hydroxylation sites is 1. The number of carbonyl (C=O) groups is 9. The third-order valence-electron chi connectivity index (χ3n) is 13.5. The second-order valence-corrected chi connectivity index (χ2v) is 20.9. The molecule has 0 radical (unpaired) electrons. The van der Waals surface area contributed by atoms with E-state index in [1.54, 1.807) is 63.2 Å². The molecule has 0 aliphatic carbocycles. The van der Waals surface area contributed by atoms with Gasteiger partial charge in [-0.25, -0.2) is 4.79 Å². The Hall–Kier alpha value is -8.11. The summed E-state index contributed by atoms with van der Waals surface area (Å²) in [5.74, 6) is -5.27. The van der Waals surface area contributed by atoms with Crippen LogP contribution < -0.4 is 37.2 Å². The van der Waals surface area contributed by atoms with Crippen LogP contribution in [0.4, 0.5) is 4.79 Å². The van der Waals surface area contributed by atoms with E-state index in [4.69, 9.17) is 4.74 Å². The number of aliphatic hydroxyl groups excluding tert-OH is 1. The Bertz CT molecular complexity index is 2790. The van der Waals surface area contributed by atoms with E-state index in [1.807, 2.05) is 30.5 Å². The van der Waals surface area contributed by atoms with Crippen molar-refractivity contribution in [2.24, 2.45) is 0 Å². The zero-order valence-electron chi connectivity index (χ0n) is 45.3. The molecule has 0 spiro atoms. The zero-order valence-corrected chi connectivity index (χ0v) is 45.3. The smallest absolute Gasteiger partial charge is 0.407 e. The normalized spacial score (nSPS) is 21.4. The van der Waals surface area contributed by atoms with Crippen LogP contribution in [0.2, 0.25) is 0 Å². The Balaban J connectivity index is 1.35. The van der Waals surface area contributed by atoms with Crippen LogP contribution in [-0.4, -0.2) is 160 Å². The number of nitrogens with one attached hydrogen (secondary N) is 8. The van der Waals surface area contributed by atoms with Gasteiger partial charge < -0.3 is 62.1 Å². The van der Waals surface area contributed by atoms with E-state index in [2.05, 4.69) is 42.2 Å². The first-order valence-electron chi connectivity index (χ1n) is 26.7. The summed E-state index contributed by atoms with van der Waals surface area (Å²) in [6, 6.07) is 14.8. The highest BCUT2D eigenvalue weighted by atomic mass is 16.6. The van der Waals surface area contributed by atoms with Gasteiger partial charge in [0.2, 0.25) is 35.4 Å². The number of hydrogen-bond donors (Lipinski definition) is 10. The minimum absolute atomic E-state index is 0.0272. The van der Waals surface area contributed by atoms with Crippen LogP contribution >= 0.6 is 0 Å². The molecule has 22 heteroatoms. The molecule has 0 saturated carbocycles. The zero-order chi connectivity index (χ0) is 57.2. The number of alkyl carbamates (subject to hydrolysis) is 1. The van der Waals surface area contributed by atoms with Crippen molar-refractivity contribution in [2.45, 2.75) is 133 Å². The van der Waals surface area contributed by atoms with Gasteiger partial charge in [0.15, 0.2) is 0 Å². The number of phenols is 1. The lowest BCUT2D eigenvalue weighted by molar-refractivity contribution is -0.144. The SMILES string of the molecule is C[C@@H](O)[C@@H]1NC(=O)[C@H](CCCCNC(=O)OC(C)(C)C)NC[C@@H](Cc2c[nH]c3ccccc23)NC(=O)[C@H](Cc2ccc(O)cc2)NC(=O)[C@H](CCC(=O)NCCCN2C(=O)C=CC2=O)N(C)C(=O)[C@H](Cc2ccccc2)NC1=O. The number of benzene rings is 3. The highest BCUT2D eigenvalue weighted by molar-refractivity contribution is 6.12. The monoisotopic (exact) mass is 1090 g/mol. The number of hydrogen-bond acceptors (Lipinski definition) is 13. The lowest BCUT2D eigenvalue weighted by Gasteiger charge is -2.33. The van der Waals surface area contributed by atoms with Crippen LogP contribution in [0, 0.1) is 0 Å². The van der Waals surface area contributed by atoms with Gasteiger partial charge in [-0.1, -0.05) is 60.7 Å². The maximum atomic E-state index is 15.0. The van der Waals surface area contributed by atoms with Gasteiger partial charge in [0.05, 0.1) is 12.1 Å². The maximum Gasteiger partial charge on any atom is 0.407 e. The molecule has 0 bridgehead atoms. The minimum Gasteiger partial charge on any atom is -0.508 e. The molecule has 3 aromatic carbocycles. The van der Waals surface area contributed by atoms with Crippen LogP contribution in [-0.2, 0) is 62.4 Å². The van der Waals surface area contributed by atoms with Crippen molar-refractivity contribution in [1.82, 2.24) is 52.0 Å². The molecule has 6 rings (SSSR count). The van der Waals surface area contributed by atoms with Crippen LogP contribution in [0.1, 0.15) is 82.9 Å². The number of imide groups is 1. The van der Waals surface area contributed by atoms with Crippen molar-refractivity contribution in [3.05, 3.63) is 114 Å². The predicted octanol–water partition coefficient (Wildman–Crippen LogP) is 1.93. The van der Waals surface area contributed by atoms with E-state index in [0.717, 1.165) is 38.4 Å². The fourth-order valence-corrected chi connectivity index (χ4v) is 9.32. The van der Waals surface area contributed by atoms with E-state index in [0.29, 0.717) is 24.0 Å². The van der Waals surface area contributed by atoms with Crippen molar-refractivity contribution >= 4 is 64.3 Å². The van der Waals surface area contributed by atoms with Crippen LogP contribution in [0.15, 0.2) is 97.2 Å². The average molecular weight is 1090 g/mol. The summed E-state index contributed by atoms with van der Waals surface area (Å²) in [5, 5.41) is 42.4. The second kappa shape index (κ2) is 28.5. The van der Waals surface area contributed by atoms with E-state index >= 15 is 0 Å². The number of aliphatic hydroxyl groups is 1. The summed E-state index contributed by atoms with van der Waals surface area (Å²) in [7, 11) is 1.34. The molecule has 22 nitrogen and oxygen atoms in total. The van der Waals surface area contributed by atoms with E-state index in [1.165, 1.54) is 26.1 Å². The van der Waals surface area contributed by atoms with Crippen molar-refractivity contribution < 1.29 is 58.1 Å². The standard InChI is InChI=1S/C57H74N10O12/c1-35(68)50-54(76)64-45(31-36-14-7-6-8-15-36)55(77)66(5)46(23-24-47(70)58-28-13-29-67-48(71)25-26-49(67)72)53(75)63-44(30-37-19-21-40(69)22-20-37)52(74)62-39(32-38-33-60-42-17-10-9-16-41(38)42)34-61-43(51(73)65-50)18-11-12-27-59-56(78)79-57(2,3)4/h6-10,14-17,19-22,25-26,33,35,39,43-46,50,60-61,68-69H,11-13,18,23-24,27-32,34H2,1-5H3,(H,58,70)(H,59,78)(H,62,74)(H,63,75)(H,64,76)(H,65,73)/t35-,39-,43+,44+,45+,46+,50+/m1/s1. The summed E-state index contributed by atoms with van der Waals surface area (Å²) in [6.07, 6.45) is 2.71. The summed E-state index contributed by atoms with van der Waals surface area (Å²) in [6.45, 7) is 6.88. The van der Waals surface area contributed by atoms with Gasteiger partial charge in [-0.05, 0) is 101 Å². The quantitative estimate of drug-likeness (QED) is 0.0475. The molecule has 10 N–H and O–H groups in total. The number of ether oxygens (including phenoxy) is 1. The molecule has 1 fully saturated rings. The predicted molar refractivity (Wildman–Crippen MR) is 293 cm³/mol. The molecule has 1 aromatic heterocycles. The molecule has 9 amide bonds. The fourth-order valence-electron chi connectivity index (χ4n) is 9.32. The molecule has 1 saturated heterocycles. The Morgan fingerprint density at radius 3 is 2.04 bits per heavy atom. The number of nitrogens with zero attached hydrogens (tertiary/aromatic N) is 2. The Labute approximate surface area is 459 Å². The van der Waals surface area contributed by atoms with Crippen molar-refractivity contribution in [1.29, 1.82) is 0 Å². The van der Waals surface area contributed by atoms with E-state index in [9.17, 15) is 53.4 Å². The molecule has 424 valence electrons. The van der Waals surface area contributed by atoms with Crippen LogP contribution in [0.25, 0.3) is 10.9 Å². The van der Waals surface area contributed by atoms with E-state index < -0.39 is 101 Å². The summed E-state index contributed by atoms with van der Waals surface area (Å²) >= 11 is 0. The second-order valence-electron chi connectivity index (χ2n) is 20.9. The van der Waals surface area contributed by atoms with Gasteiger partial charge in [-0.3, -0.25) is 43.3 Å². The molecular weight excluding hydrogens is 1020 g/mol. The van der Waals surface area contributed by atoms with Gasteiger partial charge >= 0.3 is 6.09 Å².